The van der Waals surface area contributed by atoms with Crippen LogP contribution in [-0.4, -0.2) is 142 Å². The molecule has 0 atom stereocenters. The van der Waals surface area contributed by atoms with Crippen LogP contribution in [0.5, 0.6) is 0 Å². The molecule has 0 unspecified atom stereocenters. The van der Waals surface area contributed by atoms with Crippen molar-refractivity contribution in [3.05, 3.63) is 76.5 Å². The number of amides is 3. The van der Waals surface area contributed by atoms with Gasteiger partial charge in [-0.05, 0) is 31.2 Å². The fourth-order valence-electron chi connectivity index (χ4n) is 8.53. The van der Waals surface area contributed by atoms with Crippen molar-refractivity contribution in [1.82, 2.24) is 34.4 Å². The van der Waals surface area contributed by atoms with Crippen LogP contribution in [-0.2, 0) is 27.9 Å². The maximum atomic E-state index is 15.6. The van der Waals surface area contributed by atoms with Crippen LogP contribution >= 0.6 is 11.6 Å². The Morgan fingerprint density at radius 1 is 0.983 bits per heavy atom. The van der Waals surface area contributed by atoms with Crippen LogP contribution < -0.4 is 10.6 Å². The van der Waals surface area contributed by atoms with Crippen molar-refractivity contribution in [3.8, 4) is 22.4 Å². The van der Waals surface area contributed by atoms with Crippen molar-refractivity contribution in [2.24, 2.45) is 18.9 Å². The van der Waals surface area contributed by atoms with Gasteiger partial charge in [-0.1, -0.05) is 17.7 Å². The van der Waals surface area contributed by atoms with Gasteiger partial charge in [0.2, 0.25) is 5.91 Å². The number of aromatic nitrogens is 4. The topological polar surface area (TPSA) is 164 Å². The number of ether oxygens (including phenoxy) is 1. The van der Waals surface area contributed by atoms with Gasteiger partial charge in [0.1, 0.15) is 0 Å². The van der Waals surface area contributed by atoms with Gasteiger partial charge >= 0.3 is 5.97 Å². The summed E-state index contributed by atoms with van der Waals surface area (Å²) in [5, 5.41) is 19.9. The Balaban J connectivity index is 0.939. The molecule has 59 heavy (non-hydrogen) atoms. The maximum absolute atomic E-state index is 15.6. The summed E-state index contributed by atoms with van der Waals surface area (Å²) in [6.07, 6.45) is 4.06. The quantitative estimate of drug-likeness (QED) is 0.170. The molecule has 5 heterocycles. The largest absolute Gasteiger partial charge is 0.477 e. The summed E-state index contributed by atoms with van der Waals surface area (Å²) < 4.78 is 39.7. The lowest BCUT2D eigenvalue weighted by atomic mass is 9.90. The van der Waals surface area contributed by atoms with Gasteiger partial charge in [-0.25, -0.2) is 18.6 Å². The first-order valence-corrected chi connectivity index (χ1v) is 20.1. The maximum Gasteiger partial charge on any atom is 0.359 e. The van der Waals surface area contributed by atoms with E-state index in [2.05, 4.69) is 20.7 Å². The van der Waals surface area contributed by atoms with Crippen LogP contribution in [0, 0.1) is 30.4 Å². The highest BCUT2D eigenvalue weighted by molar-refractivity contribution is 6.34. The van der Waals surface area contributed by atoms with Crippen LogP contribution in [0.2, 0.25) is 5.02 Å². The molecule has 314 valence electrons. The normalized spacial score (nSPS) is 19.7. The molecule has 0 radical (unpaired) electrons. The Kier molecular flexibility index (Phi) is 12.5. The van der Waals surface area contributed by atoms with Gasteiger partial charge in [0, 0.05) is 106 Å². The van der Waals surface area contributed by atoms with Crippen molar-refractivity contribution in [2.75, 3.05) is 84.5 Å². The molecule has 0 bridgehead atoms. The Bertz CT molecular complexity index is 2240. The zero-order chi connectivity index (χ0) is 42.0. The first kappa shape index (κ1) is 41.9. The summed E-state index contributed by atoms with van der Waals surface area (Å²) in [7, 11) is 3.09. The predicted octanol–water partition coefficient (Wildman–Crippen LogP) is 3.90. The highest BCUT2D eigenvalue weighted by Crippen LogP contribution is 2.34. The number of likely N-dealkylation sites (tertiary alicyclic amines) is 1. The monoisotopic (exact) mass is 836 g/mol. The number of carboxylic acids is 1. The minimum atomic E-state index is -1.09. The number of hydrogen-bond acceptors (Lipinski definition) is 8. The van der Waals surface area contributed by atoms with Crippen LogP contribution in [0.3, 0.4) is 0 Å². The number of carbonyl (C=O) groups is 4. The third-order valence-corrected chi connectivity index (χ3v) is 12.3. The van der Waals surface area contributed by atoms with E-state index in [1.54, 1.807) is 34.6 Å². The third-order valence-electron chi connectivity index (χ3n) is 12.0. The number of quaternary nitrogens is 1. The van der Waals surface area contributed by atoms with Crippen molar-refractivity contribution < 1.29 is 42.3 Å². The second-order valence-corrected chi connectivity index (χ2v) is 16.2. The van der Waals surface area contributed by atoms with E-state index in [1.807, 2.05) is 0 Å². The average Bonchev–Trinajstić information content (AvgIpc) is 3.77. The van der Waals surface area contributed by atoms with Gasteiger partial charge in [-0.2, -0.15) is 5.10 Å². The van der Waals surface area contributed by atoms with Crippen LogP contribution in [0.25, 0.3) is 22.4 Å². The van der Waals surface area contributed by atoms with Crippen LogP contribution in [0.1, 0.15) is 39.5 Å². The molecule has 3 fully saturated rings. The molecule has 18 heteroatoms. The zero-order valence-electron chi connectivity index (χ0n) is 33.3. The average molecular weight is 837 g/mol. The van der Waals surface area contributed by atoms with Crippen LogP contribution in [0.15, 0.2) is 42.7 Å². The molecule has 3 aliphatic heterocycles. The molecule has 0 aliphatic carbocycles. The number of benzene rings is 2. The smallest absolute Gasteiger partial charge is 0.359 e. The standard InChI is InChI=1S/C41H48ClF2N9O6/c1-25-32(21-47-52(25)14-17-59-3)29-6-7-31(37(44)36(29)43)34-22-46-38(49(34)2)39(56)48-28-4-5-30(33(42)18-28)41(58)51-12-10-50(11-13-51)40(57)27-8-15-53(16-9-27,24-35(54)55)23-26-19-45-20-26/h4-7,18,21-22,26-27,45H,8-17,19-20,23-24H2,1-3H3,(H-,48,54,55,56,58)/p+1/t27-,53-. The second-order valence-electron chi connectivity index (χ2n) is 15.8. The second kappa shape index (κ2) is 17.6. The summed E-state index contributed by atoms with van der Waals surface area (Å²) in [6.45, 7) is 8.08. The minimum Gasteiger partial charge on any atom is -0.477 e. The zero-order valence-corrected chi connectivity index (χ0v) is 34.1. The van der Waals surface area contributed by atoms with E-state index in [9.17, 15) is 24.3 Å². The van der Waals surface area contributed by atoms with Gasteiger partial charge < -0.3 is 39.3 Å². The number of hydrogen-bond donors (Lipinski definition) is 3. The summed E-state index contributed by atoms with van der Waals surface area (Å²) in [6, 6.07) is 7.43. The van der Waals surface area contributed by atoms with E-state index in [-0.39, 0.29) is 57.5 Å². The van der Waals surface area contributed by atoms with E-state index >= 15 is 8.78 Å². The Hall–Kier alpha value is -5.23. The summed E-state index contributed by atoms with van der Waals surface area (Å²) in [5.41, 5.74) is 1.80. The van der Waals surface area contributed by atoms with E-state index in [0.29, 0.717) is 92.6 Å². The summed E-state index contributed by atoms with van der Waals surface area (Å²) >= 11 is 6.58. The molecule has 4 aromatic rings. The number of aliphatic carboxylic acids is 1. The number of anilines is 1. The van der Waals surface area contributed by atoms with E-state index < -0.39 is 23.5 Å². The highest BCUT2D eigenvalue weighted by atomic mass is 35.5. The number of nitrogens with one attached hydrogen (secondary N) is 2. The SMILES string of the molecule is COCCn1ncc(-c2ccc(-c3cnc(C(=O)Nc4ccc(C(=O)N5CCN(C(=O)[C@H]6CC[N@@+](CC(=O)O)(CC7CNC7)CC6)CC5)c(Cl)c4)n3C)c(F)c2F)c1C. The van der Waals surface area contributed by atoms with Crippen molar-refractivity contribution in [1.29, 1.82) is 0 Å². The molecular weight excluding hydrogens is 788 g/mol. The minimum absolute atomic E-state index is 0.0530. The Morgan fingerprint density at radius 3 is 2.31 bits per heavy atom. The summed E-state index contributed by atoms with van der Waals surface area (Å²) in [4.78, 5) is 59.7. The molecule has 3 N–H and O–H groups in total. The van der Waals surface area contributed by atoms with Gasteiger partial charge in [0.05, 0.1) is 61.5 Å². The highest BCUT2D eigenvalue weighted by Gasteiger charge is 2.42. The number of carbonyl (C=O) groups excluding carboxylic acids is 3. The third kappa shape index (κ3) is 8.74. The molecule has 7 rings (SSSR count). The van der Waals surface area contributed by atoms with E-state index in [0.717, 1.165) is 19.6 Å². The number of piperazine rings is 1. The fraction of sp³-hybridized carbons (Fsp3) is 0.463. The van der Waals surface area contributed by atoms with E-state index in [4.69, 9.17) is 16.3 Å². The van der Waals surface area contributed by atoms with E-state index in [1.165, 1.54) is 48.3 Å². The molecule has 3 amide bonds. The molecule has 2 aromatic heterocycles. The molecule has 3 saturated heterocycles. The van der Waals surface area contributed by atoms with Crippen molar-refractivity contribution >= 4 is 41.0 Å². The van der Waals surface area contributed by atoms with Gasteiger partial charge in [-0.15, -0.1) is 0 Å². The first-order chi connectivity index (χ1) is 28.3. The molecule has 15 nitrogen and oxygen atoms in total. The lowest BCUT2D eigenvalue weighted by molar-refractivity contribution is -0.929. The Morgan fingerprint density at radius 2 is 1.66 bits per heavy atom. The fourth-order valence-corrected chi connectivity index (χ4v) is 8.79. The first-order valence-electron chi connectivity index (χ1n) is 19.8. The number of carboxylic acid groups (broad SMARTS) is 1. The molecule has 3 aliphatic rings. The van der Waals surface area contributed by atoms with Crippen molar-refractivity contribution in [2.45, 2.75) is 26.3 Å². The predicted molar refractivity (Wildman–Crippen MR) is 215 cm³/mol. The number of imidazole rings is 1. The van der Waals surface area contributed by atoms with Gasteiger partial charge in [-0.3, -0.25) is 19.1 Å². The lowest BCUT2D eigenvalue weighted by Gasteiger charge is -2.46. The molecule has 0 spiro atoms. The number of rotatable bonds is 13. The lowest BCUT2D eigenvalue weighted by Crippen LogP contribution is -2.62. The summed E-state index contributed by atoms with van der Waals surface area (Å²) in [5.74, 6) is -3.61. The molecular formula is C41H49ClF2N9O6+. The number of nitrogens with zero attached hydrogens (tertiary/aromatic N) is 7. The van der Waals surface area contributed by atoms with Crippen molar-refractivity contribution in [3.63, 3.8) is 0 Å². The van der Waals surface area contributed by atoms with Gasteiger partial charge in [0.25, 0.3) is 11.8 Å². The molecule has 2 aromatic carbocycles. The number of methoxy groups -OCH3 is 1. The Labute approximate surface area is 345 Å². The molecule has 0 saturated carbocycles. The van der Waals surface area contributed by atoms with Crippen LogP contribution in [0.4, 0.5) is 14.5 Å². The van der Waals surface area contributed by atoms with Gasteiger partial charge in [0.15, 0.2) is 24.0 Å². The number of piperidine rings is 1. The number of halogens is 3.